The van der Waals surface area contributed by atoms with Crippen LogP contribution in [-0.2, 0) is 4.74 Å². The predicted octanol–water partition coefficient (Wildman–Crippen LogP) is 0.316. The fraction of sp³-hybridized carbons (Fsp3) is 0.800. The van der Waals surface area contributed by atoms with Crippen molar-refractivity contribution in [3.8, 4) is 0 Å². The first-order chi connectivity index (χ1) is 7.83. The molecule has 1 aromatic heterocycles. The van der Waals surface area contributed by atoms with E-state index in [2.05, 4.69) is 15.5 Å². The van der Waals surface area contributed by atoms with Gasteiger partial charge in [-0.2, -0.15) is 4.98 Å². The second-order valence-corrected chi connectivity index (χ2v) is 4.34. The van der Waals surface area contributed by atoms with Crippen LogP contribution in [-0.4, -0.2) is 34.5 Å². The van der Waals surface area contributed by atoms with Gasteiger partial charge in [-0.3, -0.25) is 0 Å². The second-order valence-electron chi connectivity index (χ2n) is 4.34. The average Bonchev–Trinajstić information content (AvgIpc) is 2.97. The number of aliphatic hydroxyl groups is 1. The maximum atomic E-state index is 9.40. The summed E-state index contributed by atoms with van der Waals surface area (Å²) in [4.78, 5) is 4.33. The third kappa shape index (κ3) is 1.83. The van der Waals surface area contributed by atoms with Crippen molar-refractivity contribution in [1.29, 1.82) is 0 Å². The molecule has 6 nitrogen and oxygen atoms in total. The lowest BCUT2D eigenvalue weighted by molar-refractivity contribution is 0.103. The summed E-state index contributed by atoms with van der Waals surface area (Å²) in [6.07, 6.45) is 2.31. The molecule has 0 amide bonds. The second kappa shape index (κ2) is 4.12. The van der Waals surface area contributed by atoms with E-state index in [1.54, 1.807) is 0 Å². The Morgan fingerprint density at radius 2 is 2.38 bits per heavy atom. The lowest BCUT2D eigenvalue weighted by Crippen LogP contribution is -2.15. The predicted molar refractivity (Wildman–Crippen MR) is 53.6 cm³/mol. The molecule has 2 N–H and O–H groups in total. The van der Waals surface area contributed by atoms with E-state index >= 15 is 0 Å². The maximum absolute atomic E-state index is 9.40. The van der Waals surface area contributed by atoms with Crippen molar-refractivity contribution in [1.82, 2.24) is 15.5 Å². The number of aliphatic hydroxyl groups excluding tert-OH is 1. The molecule has 2 aliphatic rings. The van der Waals surface area contributed by atoms with Crippen molar-refractivity contribution in [2.24, 2.45) is 0 Å². The van der Waals surface area contributed by atoms with E-state index in [0.29, 0.717) is 24.7 Å². The highest BCUT2D eigenvalue weighted by atomic mass is 16.5. The van der Waals surface area contributed by atoms with Gasteiger partial charge in [0.25, 0.3) is 0 Å². The van der Waals surface area contributed by atoms with E-state index in [9.17, 15) is 5.11 Å². The molecule has 0 spiro atoms. The molecule has 3 rings (SSSR count). The standard InChI is InChI=1S/C10H15N3O3/c14-6-4-7(11-5-6)10-12-9(13-16-10)8-2-1-3-15-8/h6-8,11,14H,1-5H2/t6-,7-,8?/m1/s1. The lowest BCUT2D eigenvalue weighted by Gasteiger charge is -2.03. The van der Waals surface area contributed by atoms with Gasteiger partial charge in [0.05, 0.1) is 12.1 Å². The Hall–Kier alpha value is -0.980. The molecular weight excluding hydrogens is 210 g/mol. The molecule has 6 heteroatoms. The summed E-state index contributed by atoms with van der Waals surface area (Å²) in [5.41, 5.74) is 0. The molecule has 2 aliphatic heterocycles. The first-order valence-electron chi connectivity index (χ1n) is 5.69. The zero-order valence-electron chi connectivity index (χ0n) is 8.93. The van der Waals surface area contributed by atoms with Crippen LogP contribution in [0.5, 0.6) is 0 Å². The number of β-amino-alcohol motifs (C(OH)–C–C–N with tert-alkyl or cyclic N) is 1. The van der Waals surface area contributed by atoms with Gasteiger partial charge in [-0.1, -0.05) is 5.16 Å². The van der Waals surface area contributed by atoms with Crippen LogP contribution in [0.15, 0.2) is 4.52 Å². The SMILES string of the molecule is O[C@H]1CN[C@@H](c2nc(C3CCCO3)no2)C1. The van der Waals surface area contributed by atoms with E-state index in [0.717, 1.165) is 19.4 Å². The first-order valence-corrected chi connectivity index (χ1v) is 5.69. The molecular formula is C10H15N3O3. The molecule has 0 bridgehead atoms. The van der Waals surface area contributed by atoms with Gasteiger partial charge in [-0.25, -0.2) is 0 Å². The van der Waals surface area contributed by atoms with Crippen molar-refractivity contribution in [3.63, 3.8) is 0 Å². The van der Waals surface area contributed by atoms with Crippen molar-refractivity contribution >= 4 is 0 Å². The zero-order valence-corrected chi connectivity index (χ0v) is 8.93. The van der Waals surface area contributed by atoms with Gasteiger partial charge in [0.2, 0.25) is 11.7 Å². The highest BCUT2D eigenvalue weighted by Gasteiger charge is 2.30. The third-order valence-corrected chi connectivity index (χ3v) is 3.08. The van der Waals surface area contributed by atoms with Gasteiger partial charge >= 0.3 is 0 Å². The highest BCUT2D eigenvalue weighted by molar-refractivity contribution is 5.00. The number of ether oxygens (including phenoxy) is 1. The smallest absolute Gasteiger partial charge is 0.243 e. The molecule has 1 aromatic rings. The van der Waals surface area contributed by atoms with Crippen LogP contribution in [0.1, 0.15) is 43.1 Å². The van der Waals surface area contributed by atoms with E-state index in [4.69, 9.17) is 9.26 Å². The Labute approximate surface area is 93.0 Å². The minimum Gasteiger partial charge on any atom is -0.392 e. The minimum absolute atomic E-state index is 0.0103. The summed E-state index contributed by atoms with van der Waals surface area (Å²) in [7, 11) is 0. The first kappa shape index (κ1) is 10.2. The largest absolute Gasteiger partial charge is 0.392 e. The van der Waals surface area contributed by atoms with Gasteiger partial charge < -0.3 is 19.7 Å². The Kier molecular flexibility index (Phi) is 2.62. The molecule has 0 saturated carbocycles. The van der Waals surface area contributed by atoms with Crippen molar-refractivity contribution in [3.05, 3.63) is 11.7 Å². The number of hydrogen-bond acceptors (Lipinski definition) is 6. The zero-order chi connectivity index (χ0) is 11.0. The van der Waals surface area contributed by atoms with Gasteiger partial charge in [0.1, 0.15) is 6.10 Å². The molecule has 3 heterocycles. The van der Waals surface area contributed by atoms with Crippen LogP contribution in [0.2, 0.25) is 0 Å². The molecule has 2 saturated heterocycles. The lowest BCUT2D eigenvalue weighted by atomic mass is 10.2. The fourth-order valence-corrected chi connectivity index (χ4v) is 2.21. The summed E-state index contributed by atoms with van der Waals surface area (Å²) < 4.78 is 10.7. The van der Waals surface area contributed by atoms with E-state index in [-0.39, 0.29) is 18.2 Å². The van der Waals surface area contributed by atoms with E-state index < -0.39 is 0 Å². The van der Waals surface area contributed by atoms with Gasteiger partial charge in [0.15, 0.2) is 0 Å². The monoisotopic (exact) mass is 225 g/mol. The summed E-state index contributed by atoms with van der Waals surface area (Å²) in [6, 6.07) is -0.0161. The quantitative estimate of drug-likeness (QED) is 0.754. The van der Waals surface area contributed by atoms with Gasteiger partial charge in [0, 0.05) is 13.2 Å². The third-order valence-electron chi connectivity index (χ3n) is 3.08. The molecule has 0 aliphatic carbocycles. The van der Waals surface area contributed by atoms with Crippen LogP contribution < -0.4 is 5.32 Å². The Morgan fingerprint density at radius 1 is 1.44 bits per heavy atom. The van der Waals surface area contributed by atoms with Gasteiger partial charge in [-0.05, 0) is 19.3 Å². The van der Waals surface area contributed by atoms with Crippen LogP contribution in [0.25, 0.3) is 0 Å². The summed E-state index contributed by atoms with van der Waals surface area (Å²) in [6.45, 7) is 1.36. The molecule has 3 atom stereocenters. The normalized spacial score (nSPS) is 34.7. The summed E-state index contributed by atoms with van der Waals surface area (Å²) in [5, 5.41) is 16.5. The van der Waals surface area contributed by atoms with Crippen LogP contribution in [0.4, 0.5) is 0 Å². The topological polar surface area (TPSA) is 80.4 Å². The Balaban J connectivity index is 1.72. The molecule has 1 unspecified atom stereocenters. The molecule has 16 heavy (non-hydrogen) atoms. The average molecular weight is 225 g/mol. The van der Waals surface area contributed by atoms with Crippen LogP contribution >= 0.6 is 0 Å². The number of rotatable bonds is 2. The maximum Gasteiger partial charge on any atom is 0.243 e. The Bertz CT molecular complexity index is 362. The van der Waals surface area contributed by atoms with Gasteiger partial charge in [-0.15, -0.1) is 0 Å². The minimum atomic E-state index is -0.317. The molecule has 0 aromatic carbocycles. The number of nitrogens with one attached hydrogen (secondary N) is 1. The highest BCUT2D eigenvalue weighted by Crippen LogP contribution is 2.28. The van der Waals surface area contributed by atoms with Crippen molar-refractivity contribution in [2.45, 2.75) is 37.5 Å². The van der Waals surface area contributed by atoms with Crippen molar-refractivity contribution in [2.75, 3.05) is 13.2 Å². The summed E-state index contributed by atoms with van der Waals surface area (Å²) >= 11 is 0. The van der Waals surface area contributed by atoms with E-state index in [1.807, 2.05) is 0 Å². The molecule has 88 valence electrons. The molecule has 0 radical (unpaired) electrons. The van der Waals surface area contributed by atoms with E-state index in [1.165, 1.54) is 0 Å². The summed E-state index contributed by atoms with van der Waals surface area (Å²) in [5.74, 6) is 1.19. The van der Waals surface area contributed by atoms with Crippen LogP contribution in [0.3, 0.4) is 0 Å². The number of hydrogen-bond donors (Lipinski definition) is 2. The fourth-order valence-electron chi connectivity index (χ4n) is 2.21. The van der Waals surface area contributed by atoms with Crippen molar-refractivity contribution < 1.29 is 14.4 Å². The van der Waals surface area contributed by atoms with Crippen LogP contribution in [0, 0.1) is 0 Å². The number of aromatic nitrogens is 2. The Morgan fingerprint density at radius 3 is 3.06 bits per heavy atom. The molecule has 2 fully saturated rings. The number of nitrogens with zero attached hydrogens (tertiary/aromatic N) is 2.